The number of allylic oxidation sites excluding steroid dienone is 2. The van der Waals surface area contributed by atoms with Crippen LogP contribution in [0.15, 0.2) is 53.0 Å². The number of nitrogens with zero attached hydrogens (tertiary/aromatic N) is 3. The number of carbonyl (C=O) groups excluding carboxylic acids is 1. The zero-order chi connectivity index (χ0) is 31.1. The zero-order valence-corrected chi connectivity index (χ0v) is 26.0. The van der Waals surface area contributed by atoms with Gasteiger partial charge >= 0.3 is 0 Å². The van der Waals surface area contributed by atoms with E-state index in [1.807, 2.05) is 18.2 Å². The summed E-state index contributed by atoms with van der Waals surface area (Å²) in [6, 6.07) is 9.07. The smallest absolute Gasteiger partial charge is 0.196 e. The summed E-state index contributed by atoms with van der Waals surface area (Å²) < 4.78 is 28.1. The van der Waals surface area contributed by atoms with Gasteiger partial charge in [0, 0.05) is 42.7 Å². The van der Waals surface area contributed by atoms with Crippen molar-refractivity contribution in [1.82, 2.24) is 9.80 Å². The van der Waals surface area contributed by atoms with Crippen LogP contribution in [0.3, 0.4) is 0 Å². The molecule has 6 nitrogen and oxygen atoms in total. The van der Waals surface area contributed by atoms with Crippen LogP contribution >= 0.6 is 0 Å². The molecule has 2 aromatic carbocycles. The van der Waals surface area contributed by atoms with Gasteiger partial charge in [0.1, 0.15) is 0 Å². The minimum atomic E-state index is -1.06. The minimum Gasteiger partial charge on any atom is -0.393 e. The fraction of sp³-hybridized carbons (Fsp3) is 0.556. The molecule has 8 heteroatoms. The summed E-state index contributed by atoms with van der Waals surface area (Å²) in [7, 11) is 0. The number of aliphatic imine (C=N–C) groups is 1. The quantitative estimate of drug-likeness (QED) is 0.330. The Morgan fingerprint density at radius 3 is 2.68 bits per heavy atom. The highest BCUT2D eigenvalue weighted by atomic mass is 19.2. The molecule has 4 atom stereocenters. The summed E-state index contributed by atoms with van der Waals surface area (Å²) in [5.74, 6) is -1.57. The maximum atomic E-state index is 14.3. The molecule has 5 aliphatic rings. The van der Waals surface area contributed by atoms with E-state index >= 15 is 0 Å². The van der Waals surface area contributed by atoms with Gasteiger partial charge in [-0.2, -0.15) is 0 Å². The van der Waals surface area contributed by atoms with Gasteiger partial charge in [-0.1, -0.05) is 30.7 Å². The van der Waals surface area contributed by atoms with Gasteiger partial charge in [0.15, 0.2) is 23.4 Å². The summed E-state index contributed by atoms with van der Waals surface area (Å²) in [6.07, 6.45) is 8.29. The van der Waals surface area contributed by atoms with Crippen LogP contribution in [-0.2, 0) is 6.42 Å². The molecule has 1 saturated carbocycles. The number of β-amino-alcohol motifs (C(OH)–C–C–N with tert-alkyl or cyclic N) is 1. The van der Waals surface area contributed by atoms with E-state index in [1.165, 1.54) is 11.6 Å². The highest BCUT2D eigenvalue weighted by Crippen LogP contribution is 2.59. The van der Waals surface area contributed by atoms with Gasteiger partial charge in [-0.15, -0.1) is 0 Å². The molecule has 2 bridgehead atoms. The van der Waals surface area contributed by atoms with Crippen molar-refractivity contribution in [1.29, 1.82) is 0 Å². The van der Waals surface area contributed by atoms with Crippen molar-refractivity contribution in [2.75, 3.05) is 32.7 Å². The van der Waals surface area contributed by atoms with E-state index in [4.69, 9.17) is 4.99 Å². The number of aliphatic hydroxyl groups excluding tert-OH is 1. The van der Waals surface area contributed by atoms with Crippen molar-refractivity contribution in [2.24, 2.45) is 10.4 Å². The number of hydrogen-bond donors (Lipinski definition) is 2. The third kappa shape index (κ3) is 5.83. The number of halogens is 2. The second-order valence-corrected chi connectivity index (χ2v) is 13.7. The largest absolute Gasteiger partial charge is 0.393 e. The molecule has 2 fully saturated rings. The molecule has 2 aromatic rings. The molecule has 2 N–H and O–H groups in total. The molecule has 236 valence electrons. The van der Waals surface area contributed by atoms with Crippen LogP contribution in [0.4, 0.5) is 8.78 Å². The van der Waals surface area contributed by atoms with Crippen LogP contribution in [0.5, 0.6) is 0 Å². The predicted octanol–water partition coefficient (Wildman–Crippen LogP) is 6.00. The number of carbonyl (C=O) groups is 1. The number of aliphatic hydroxyl groups is 2. The fourth-order valence-electron chi connectivity index (χ4n) is 8.16. The zero-order valence-electron chi connectivity index (χ0n) is 26.0. The number of benzene rings is 2. The minimum absolute atomic E-state index is 0.0844. The Morgan fingerprint density at radius 2 is 1.86 bits per heavy atom. The predicted molar refractivity (Wildman–Crippen MR) is 168 cm³/mol. The van der Waals surface area contributed by atoms with Gasteiger partial charge in [0.2, 0.25) is 0 Å². The van der Waals surface area contributed by atoms with Crippen molar-refractivity contribution >= 4 is 11.7 Å². The van der Waals surface area contributed by atoms with Crippen molar-refractivity contribution in [3.05, 3.63) is 81.9 Å². The first-order valence-electron chi connectivity index (χ1n) is 16.3. The molecule has 0 radical (unpaired) electrons. The number of guanidine groups is 1. The monoisotopic (exact) mass is 605 g/mol. The summed E-state index contributed by atoms with van der Waals surface area (Å²) in [5, 5.41) is 23.5. The van der Waals surface area contributed by atoms with Crippen molar-refractivity contribution in [2.45, 2.75) is 89.3 Å². The Labute approximate surface area is 259 Å². The Bertz CT molecular complexity index is 1470. The Hall–Kier alpha value is -3.10. The van der Waals surface area contributed by atoms with E-state index in [-0.39, 0.29) is 17.3 Å². The molecule has 2 aliphatic heterocycles. The molecule has 0 amide bonds. The summed E-state index contributed by atoms with van der Waals surface area (Å²) in [4.78, 5) is 23.5. The third-order valence-electron chi connectivity index (χ3n) is 10.8. The highest BCUT2D eigenvalue weighted by molar-refractivity contribution is 6.10. The molecule has 0 unspecified atom stereocenters. The molecular weight excluding hydrogens is 560 g/mol. The summed E-state index contributed by atoms with van der Waals surface area (Å²) in [5.41, 5.74) is 1.79. The topological polar surface area (TPSA) is 76.4 Å². The van der Waals surface area contributed by atoms with Crippen LogP contribution in [0.1, 0.15) is 98.2 Å². The lowest BCUT2D eigenvalue weighted by atomic mass is 9.64. The average Bonchev–Trinajstić information content (AvgIpc) is 3.26. The normalized spacial score (nSPS) is 29.4. The first kappa shape index (κ1) is 30.9. The molecule has 0 spiro atoms. The van der Waals surface area contributed by atoms with E-state index < -0.39 is 28.8 Å². The molecule has 1 saturated heterocycles. The van der Waals surface area contributed by atoms with Gasteiger partial charge in [-0.05, 0) is 106 Å². The molecule has 0 aromatic heterocycles. The van der Waals surface area contributed by atoms with Crippen LogP contribution in [-0.4, -0.2) is 76.2 Å². The maximum Gasteiger partial charge on any atom is 0.196 e. The van der Waals surface area contributed by atoms with Crippen LogP contribution in [0.2, 0.25) is 0 Å². The SMILES string of the molecule is CC1=CCC[C@@]2(C)[C@@H](CC[C@@]2(O)CN2CCCN3CCCN=C32)c2ccc(cc2C(=O)c2ccc(F)c(F)c2)C[C@@H](O)CC1. The average molecular weight is 606 g/mol. The second kappa shape index (κ2) is 12.4. The Balaban J connectivity index is 1.43. The first-order chi connectivity index (χ1) is 21.1. The van der Waals surface area contributed by atoms with E-state index in [0.29, 0.717) is 37.8 Å². The first-order valence-corrected chi connectivity index (χ1v) is 16.3. The highest BCUT2D eigenvalue weighted by Gasteiger charge is 2.57. The number of fused-ring (bicyclic) bond motifs is 9. The third-order valence-corrected chi connectivity index (χ3v) is 10.8. The summed E-state index contributed by atoms with van der Waals surface area (Å²) in [6.45, 7) is 8.41. The second-order valence-electron chi connectivity index (χ2n) is 13.7. The van der Waals surface area contributed by atoms with Crippen molar-refractivity contribution < 1.29 is 23.8 Å². The van der Waals surface area contributed by atoms with Crippen LogP contribution in [0, 0.1) is 17.0 Å². The van der Waals surface area contributed by atoms with Gasteiger partial charge in [0.05, 0.1) is 18.2 Å². The number of rotatable bonds is 4. The van der Waals surface area contributed by atoms with Crippen LogP contribution < -0.4 is 0 Å². The van der Waals surface area contributed by atoms with Crippen LogP contribution in [0.25, 0.3) is 0 Å². The Kier molecular flexibility index (Phi) is 8.68. The van der Waals surface area contributed by atoms with Crippen molar-refractivity contribution in [3.8, 4) is 0 Å². The lowest BCUT2D eigenvalue weighted by Gasteiger charge is -2.49. The van der Waals surface area contributed by atoms with Gasteiger partial charge in [-0.3, -0.25) is 9.79 Å². The summed E-state index contributed by atoms with van der Waals surface area (Å²) >= 11 is 0. The van der Waals surface area contributed by atoms with Gasteiger partial charge in [-0.25, -0.2) is 8.78 Å². The fourth-order valence-corrected chi connectivity index (χ4v) is 8.16. The van der Waals surface area contributed by atoms with E-state index in [9.17, 15) is 23.8 Å². The van der Waals surface area contributed by atoms with E-state index in [1.54, 1.807) is 0 Å². The number of hydrogen-bond acceptors (Lipinski definition) is 6. The molecule has 3 aliphatic carbocycles. The molecule has 2 heterocycles. The van der Waals surface area contributed by atoms with Gasteiger partial charge < -0.3 is 20.0 Å². The number of ketones is 1. The lowest BCUT2D eigenvalue weighted by molar-refractivity contribution is -0.0772. The van der Waals surface area contributed by atoms with Crippen molar-refractivity contribution in [3.63, 3.8) is 0 Å². The standard InChI is InChI=1S/C36H45F2N3O3/c1-24-6-3-14-35(2)30(13-15-36(35,44)23-41-19-5-18-40-17-4-16-39-34(40)41)28-11-8-25(20-27(42)10-7-24)21-29(28)33(43)26-9-12-31(37)32(38)22-26/h6,8-9,11-12,21-22,27,30,42,44H,3-5,7,10,13-20,23H2,1-2H3/t27-,30-,35-,36+/m0/s1. The molecular formula is C36H45F2N3O3. The molecule has 44 heavy (non-hydrogen) atoms. The van der Waals surface area contributed by atoms with E-state index in [2.05, 4.69) is 29.7 Å². The lowest BCUT2D eigenvalue weighted by Crippen LogP contribution is -2.59. The van der Waals surface area contributed by atoms with E-state index in [0.717, 1.165) is 87.5 Å². The Morgan fingerprint density at radius 1 is 1.05 bits per heavy atom. The molecule has 7 rings (SSSR count). The maximum absolute atomic E-state index is 14.3. The van der Waals surface area contributed by atoms with Gasteiger partial charge in [0.25, 0.3) is 0 Å².